The number of anilines is 1. The number of thiocarbonyl (C=S) groups is 1. The molecule has 0 aliphatic carbocycles. The van der Waals surface area contributed by atoms with Gasteiger partial charge in [-0.1, -0.05) is 24.0 Å². The lowest BCUT2D eigenvalue weighted by Crippen LogP contribution is -2.50. The van der Waals surface area contributed by atoms with Crippen molar-refractivity contribution in [3.05, 3.63) is 30.1 Å². The van der Waals surface area contributed by atoms with Crippen molar-refractivity contribution < 1.29 is 4.39 Å². The zero-order chi connectivity index (χ0) is 13.9. The molecule has 0 bridgehead atoms. The van der Waals surface area contributed by atoms with Crippen LogP contribution in [0, 0.1) is 5.82 Å². The predicted molar refractivity (Wildman–Crippen MR) is 86.8 cm³/mol. The van der Waals surface area contributed by atoms with E-state index < -0.39 is 0 Å². The zero-order valence-corrected chi connectivity index (χ0v) is 12.9. The van der Waals surface area contributed by atoms with Gasteiger partial charge in [0.1, 0.15) is 10.1 Å². The van der Waals surface area contributed by atoms with Crippen LogP contribution in [0.5, 0.6) is 0 Å². The molecular weight excluding hydrogens is 293 g/mol. The fourth-order valence-corrected chi connectivity index (χ4v) is 3.81. The van der Waals surface area contributed by atoms with E-state index in [9.17, 15) is 4.39 Å². The molecule has 0 saturated carbocycles. The number of piperazine rings is 1. The van der Waals surface area contributed by atoms with Crippen LogP contribution in [0.1, 0.15) is 0 Å². The normalized spacial score (nSPS) is 20.8. The van der Waals surface area contributed by atoms with Gasteiger partial charge >= 0.3 is 0 Å². The van der Waals surface area contributed by atoms with Crippen molar-refractivity contribution in [3.8, 4) is 0 Å². The Kier molecular flexibility index (Phi) is 4.43. The van der Waals surface area contributed by atoms with E-state index in [1.165, 1.54) is 12.1 Å². The van der Waals surface area contributed by atoms with Crippen LogP contribution in [0.3, 0.4) is 0 Å². The fourth-order valence-electron chi connectivity index (χ4n) is 2.59. The monoisotopic (exact) mass is 311 g/mol. The van der Waals surface area contributed by atoms with Gasteiger partial charge in [0, 0.05) is 44.2 Å². The van der Waals surface area contributed by atoms with E-state index in [0.717, 1.165) is 55.2 Å². The summed E-state index contributed by atoms with van der Waals surface area (Å²) in [4.78, 5) is 7.04. The number of benzene rings is 1. The molecule has 108 valence electrons. The largest absolute Gasteiger partial charge is 0.369 e. The molecule has 1 aromatic carbocycles. The average molecular weight is 311 g/mol. The standard InChI is InChI=1S/C14H18FN3S2/c15-12-1-3-13(4-2-12)17-7-5-16(6-8-17)11-18-9-10-20-14(18)19/h1-4H,5-11H2. The molecule has 2 heterocycles. The van der Waals surface area contributed by atoms with Crippen molar-refractivity contribution in [1.29, 1.82) is 0 Å². The van der Waals surface area contributed by atoms with Crippen molar-refractivity contribution >= 4 is 34.0 Å². The molecule has 0 radical (unpaired) electrons. The molecule has 0 atom stereocenters. The second kappa shape index (κ2) is 6.28. The van der Waals surface area contributed by atoms with E-state index in [4.69, 9.17) is 12.2 Å². The number of hydrogen-bond acceptors (Lipinski definition) is 4. The fraction of sp³-hybridized carbons (Fsp3) is 0.500. The summed E-state index contributed by atoms with van der Waals surface area (Å²) >= 11 is 7.11. The van der Waals surface area contributed by atoms with Gasteiger partial charge in [-0.15, -0.1) is 0 Å². The molecule has 0 unspecified atom stereocenters. The summed E-state index contributed by atoms with van der Waals surface area (Å²) in [6.45, 7) is 6.05. The molecule has 0 spiro atoms. The number of nitrogens with zero attached hydrogens (tertiary/aromatic N) is 3. The third kappa shape index (κ3) is 3.24. The van der Waals surface area contributed by atoms with Crippen LogP contribution in [0.2, 0.25) is 0 Å². The van der Waals surface area contributed by atoms with E-state index >= 15 is 0 Å². The van der Waals surface area contributed by atoms with Crippen LogP contribution in [-0.4, -0.2) is 59.3 Å². The van der Waals surface area contributed by atoms with Gasteiger partial charge in [0.2, 0.25) is 0 Å². The summed E-state index contributed by atoms with van der Waals surface area (Å²) in [7, 11) is 0. The first-order chi connectivity index (χ1) is 9.72. The molecule has 2 saturated heterocycles. The molecule has 1 aromatic rings. The quantitative estimate of drug-likeness (QED) is 0.790. The highest BCUT2D eigenvalue weighted by molar-refractivity contribution is 8.23. The molecule has 0 amide bonds. The Balaban J connectivity index is 1.51. The summed E-state index contributed by atoms with van der Waals surface area (Å²) in [5.74, 6) is 0.946. The molecule has 3 nitrogen and oxygen atoms in total. The zero-order valence-electron chi connectivity index (χ0n) is 11.3. The molecule has 3 rings (SSSR count). The molecule has 6 heteroatoms. The smallest absolute Gasteiger partial charge is 0.137 e. The van der Waals surface area contributed by atoms with Crippen LogP contribution < -0.4 is 4.90 Å². The molecule has 0 aromatic heterocycles. The Bertz CT molecular complexity index is 472. The minimum absolute atomic E-state index is 0.174. The van der Waals surface area contributed by atoms with Crippen molar-refractivity contribution in [2.75, 3.05) is 50.0 Å². The van der Waals surface area contributed by atoms with Crippen molar-refractivity contribution in [3.63, 3.8) is 0 Å². The van der Waals surface area contributed by atoms with Crippen molar-refractivity contribution in [1.82, 2.24) is 9.80 Å². The highest BCUT2D eigenvalue weighted by atomic mass is 32.2. The van der Waals surface area contributed by atoms with Crippen LogP contribution in [0.25, 0.3) is 0 Å². The lowest BCUT2D eigenvalue weighted by Gasteiger charge is -2.37. The van der Waals surface area contributed by atoms with Gasteiger partial charge in [-0.2, -0.15) is 0 Å². The van der Waals surface area contributed by atoms with Crippen LogP contribution in [-0.2, 0) is 0 Å². The summed E-state index contributed by atoms with van der Waals surface area (Å²) in [5.41, 5.74) is 1.11. The first-order valence-corrected chi connectivity index (χ1v) is 8.26. The first kappa shape index (κ1) is 14.1. The molecule has 2 aliphatic rings. The number of rotatable bonds is 3. The van der Waals surface area contributed by atoms with E-state index in [1.807, 2.05) is 12.1 Å². The second-order valence-electron chi connectivity index (χ2n) is 5.10. The van der Waals surface area contributed by atoms with Crippen LogP contribution in [0.15, 0.2) is 24.3 Å². The molecule has 2 aliphatic heterocycles. The summed E-state index contributed by atoms with van der Waals surface area (Å²) < 4.78 is 14.0. The summed E-state index contributed by atoms with van der Waals surface area (Å²) in [5, 5.41) is 0. The van der Waals surface area contributed by atoms with Crippen molar-refractivity contribution in [2.45, 2.75) is 0 Å². The number of thioether (sulfide) groups is 1. The molecule has 20 heavy (non-hydrogen) atoms. The number of halogens is 1. The number of hydrogen-bond donors (Lipinski definition) is 0. The maximum atomic E-state index is 12.9. The summed E-state index contributed by atoms with van der Waals surface area (Å²) in [6.07, 6.45) is 0. The molecule has 2 fully saturated rings. The van der Waals surface area contributed by atoms with Gasteiger partial charge in [0.25, 0.3) is 0 Å². The van der Waals surface area contributed by atoms with Gasteiger partial charge in [0.05, 0.1) is 6.67 Å². The van der Waals surface area contributed by atoms with E-state index in [0.29, 0.717) is 0 Å². The maximum absolute atomic E-state index is 12.9. The third-order valence-electron chi connectivity index (χ3n) is 3.78. The van der Waals surface area contributed by atoms with E-state index in [-0.39, 0.29) is 5.82 Å². The van der Waals surface area contributed by atoms with Crippen molar-refractivity contribution in [2.24, 2.45) is 0 Å². The predicted octanol–water partition coefficient (Wildman–Crippen LogP) is 2.24. The van der Waals surface area contributed by atoms with E-state index in [1.54, 1.807) is 11.8 Å². The van der Waals surface area contributed by atoms with Gasteiger partial charge in [-0.3, -0.25) is 4.90 Å². The minimum Gasteiger partial charge on any atom is -0.369 e. The Hall–Kier alpha value is -0.850. The lowest BCUT2D eigenvalue weighted by atomic mass is 10.2. The lowest BCUT2D eigenvalue weighted by molar-refractivity contribution is 0.187. The SMILES string of the molecule is Fc1ccc(N2CCN(CN3CCSC3=S)CC2)cc1. The average Bonchev–Trinajstić information content (AvgIpc) is 2.86. The Morgan fingerprint density at radius 3 is 2.35 bits per heavy atom. The topological polar surface area (TPSA) is 9.72 Å². The Labute approximate surface area is 128 Å². The van der Waals surface area contributed by atoms with Gasteiger partial charge in [0.15, 0.2) is 0 Å². The Morgan fingerprint density at radius 1 is 1.05 bits per heavy atom. The molecular formula is C14H18FN3S2. The maximum Gasteiger partial charge on any atom is 0.137 e. The highest BCUT2D eigenvalue weighted by Gasteiger charge is 2.23. The first-order valence-electron chi connectivity index (χ1n) is 6.87. The van der Waals surface area contributed by atoms with Gasteiger partial charge in [-0.25, -0.2) is 4.39 Å². The van der Waals surface area contributed by atoms with Gasteiger partial charge < -0.3 is 9.80 Å². The highest BCUT2D eigenvalue weighted by Crippen LogP contribution is 2.20. The van der Waals surface area contributed by atoms with Gasteiger partial charge in [-0.05, 0) is 24.3 Å². The second-order valence-corrected chi connectivity index (χ2v) is 6.83. The summed E-state index contributed by atoms with van der Waals surface area (Å²) in [6, 6.07) is 6.78. The Morgan fingerprint density at radius 2 is 1.75 bits per heavy atom. The van der Waals surface area contributed by atoms with E-state index in [2.05, 4.69) is 14.7 Å². The molecule has 0 N–H and O–H groups in total. The third-order valence-corrected chi connectivity index (χ3v) is 5.28. The minimum atomic E-state index is -0.174. The van der Waals surface area contributed by atoms with Crippen LogP contribution in [0.4, 0.5) is 10.1 Å². The van der Waals surface area contributed by atoms with Crippen LogP contribution >= 0.6 is 24.0 Å².